The Morgan fingerprint density at radius 1 is 1.25 bits per heavy atom. The average Bonchev–Trinajstić information content (AvgIpc) is 2.24. The Balaban J connectivity index is 2.77. The lowest BCUT2D eigenvalue weighted by atomic mass is 9.59. The molecule has 0 heterocycles. The van der Waals surface area contributed by atoms with Gasteiger partial charge in [0.15, 0.2) is 0 Å². The van der Waals surface area contributed by atoms with Crippen LogP contribution in [0.3, 0.4) is 0 Å². The molecule has 0 N–H and O–H groups in total. The third kappa shape index (κ3) is 4.36. The molecule has 1 atom stereocenters. The molecular formula is C16H26O4. The van der Waals surface area contributed by atoms with Gasteiger partial charge in [-0.05, 0) is 31.6 Å². The van der Waals surface area contributed by atoms with Crippen LogP contribution in [0.4, 0.5) is 0 Å². The molecule has 0 aromatic heterocycles. The summed E-state index contributed by atoms with van der Waals surface area (Å²) in [5, 5.41) is 0. The Morgan fingerprint density at radius 2 is 1.80 bits per heavy atom. The van der Waals surface area contributed by atoms with Crippen molar-refractivity contribution in [2.24, 2.45) is 5.41 Å². The van der Waals surface area contributed by atoms with Crippen LogP contribution in [0.5, 0.6) is 0 Å². The van der Waals surface area contributed by atoms with Gasteiger partial charge in [-0.2, -0.15) is 0 Å². The molecule has 20 heavy (non-hydrogen) atoms. The van der Waals surface area contributed by atoms with Gasteiger partial charge < -0.3 is 9.47 Å². The number of rotatable bonds is 6. The van der Waals surface area contributed by atoms with Gasteiger partial charge in [0.2, 0.25) is 0 Å². The van der Waals surface area contributed by atoms with Crippen molar-refractivity contribution in [3.8, 4) is 0 Å². The van der Waals surface area contributed by atoms with Crippen LogP contribution in [0.1, 0.15) is 60.3 Å². The Morgan fingerprint density at radius 3 is 2.15 bits per heavy atom. The van der Waals surface area contributed by atoms with E-state index in [-0.39, 0.29) is 23.5 Å². The van der Waals surface area contributed by atoms with Gasteiger partial charge in [-0.1, -0.05) is 27.4 Å². The predicted octanol–water partition coefficient (Wildman–Crippen LogP) is 3.40. The molecule has 0 amide bonds. The predicted molar refractivity (Wildman–Crippen MR) is 77.1 cm³/mol. The molecule has 1 fully saturated rings. The maximum absolute atomic E-state index is 11.8. The van der Waals surface area contributed by atoms with E-state index in [9.17, 15) is 9.59 Å². The van der Waals surface area contributed by atoms with Gasteiger partial charge in [-0.15, -0.1) is 0 Å². The molecule has 1 unspecified atom stereocenters. The van der Waals surface area contributed by atoms with Crippen molar-refractivity contribution in [1.29, 1.82) is 0 Å². The number of hydrogen-bond donors (Lipinski definition) is 0. The van der Waals surface area contributed by atoms with Crippen molar-refractivity contribution >= 4 is 11.9 Å². The van der Waals surface area contributed by atoms with E-state index in [0.717, 1.165) is 12.8 Å². The van der Waals surface area contributed by atoms with Crippen LogP contribution in [0, 0.1) is 5.41 Å². The highest BCUT2D eigenvalue weighted by atomic mass is 16.6. The molecule has 1 rings (SSSR count). The zero-order chi connectivity index (χ0) is 15.6. The first-order valence-electron chi connectivity index (χ1n) is 7.15. The third-order valence-corrected chi connectivity index (χ3v) is 3.65. The number of hydrogen-bond acceptors (Lipinski definition) is 4. The molecule has 1 aliphatic carbocycles. The fourth-order valence-corrected chi connectivity index (χ4v) is 3.15. The quantitative estimate of drug-likeness (QED) is 0.553. The summed E-state index contributed by atoms with van der Waals surface area (Å²) in [7, 11) is 0. The molecule has 4 nitrogen and oxygen atoms in total. The second-order valence-corrected chi connectivity index (χ2v) is 6.71. The number of ether oxygens (including phenoxy) is 2. The fraction of sp³-hybridized carbons (Fsp3) is 0.750. The summed E-state index contributed by atoms with van der Waals surface area (Å²) in [5.74, 6) is -0.657. The Kier molecular flexibility index (Phi) is 5.00. The molecule has 0 saturated heterocycles. The number of carbonyl (C=O) groups is 2. The summed E-state index contributed by atoms with van der Waals surface area (Å²) in [6, 6.07) is 0. The van der Waals surface area contributed by atoms with Gasteiger partial charge >= 0.3 is 11.9 Å². The summed E-state index contributed by atoms with van der Waals surface area (Å²) < 4.78 is 10.9. The monoisotopic (exact) mass is 282 g/mol. The maximum Gasteiger partial charge on any atom is 0.333 e. The van der Waals surface area contributed by atoms with Gasteiger partial charge in [-0.3, -0.25) is 4.79 Å². The molecule has 0 aromatic carbocycles. The average molecular weight is 282 g/mol. The summed E-state index contributed by atoms with van der Waals surface area (Å²) in [5.41, 5.74) is 0.0362. The van der Waals surface area contributed by atoms with Crippen molar-refractivity contribution < 1.29 is 19.1 Å². The third-order valence-electron chi connectivity index (χ3n) is 3.65. The van der Waals surface area contributed by atoms with E-state index in [2.05, 4.69) is 20.4 Å². The van der Waals surface area contributed by atoms with Gasteiger partial charge in [0.05, 0.1) is 0 Å². The van der Waals surface area contributed by atoms with E-state index in [4.69, 9.17) is 9.47 Å². The smallest absolute Gasteiger partial charge is 0.333 e. The maximum atomic E-state index is 11.8. The highest BCUT2D eigenvalue weighted by Gasteiger charge is 2.53. The zero-order valence-corrected chi connectivity index (χ0v) is 13.2. The molecule has 1 saturated carbocycles. The summed E-state index contributed by atoms with van der Waals surface area (Å²) in [4.78, 5) is 22.9. The first-order chi connectivity index (χ1) is 9.09. The minimum absolute atomic E-state index is 0.157. The van der Waals surface area contributed by atoms with Crippen molar-refractivity contribution in [3.05, 3.63) is 12.2 Å². The second kappa shape index (κ2) is 5.98. The van der Waals surface area contributed by atoms with Crippen LogP contribution in [0.2, 0.25) is 0 Å². The van der Waals surface area contributed by atoms with Crippen molar-refractivity contribution in [1.82, 2.24) is 0 Å². The molecule has 4 heteroatoms. The van der Waals surface area contributed by atoms with Crippen LogP contribution >= 0.6 is 0 Å². The van der Waals surface area contributed by atoms with E-state index in [1.807, 2.05) is 6.92 Å². The van der Waals surface area contributed by atoms with Crippen LogP contribution in [-0.4, -0.2) is 23.6 Å². The summed E-state index contributed by atoms with van der Waals surface area (Å²) in [6.07, 6.45) is 2.65. The number of esters is 2. The SMILES string of the molecule is C=C(C)C(=O)OC1(CC(CC)OC(C)=O)CC(C)(C)C1. The van der Waals surface area contributed by atoms with E-state index in [1.54, 1.807) is 6.92 Å². The highest BCUT2D eigenvalue weighted by Crippen LogP contribution is 2.53. The van der Waals surface area contributed by atoms with E-state index < -0.39 is 5.60 Å². The molecule has 1 aliphatic rings. The lowest BCUT2D eigenvalue weighted by Gasteiger charge is -2.53. The van der Waals surface area contributed by atoms with Crippen molar-refractivity contribution in [2.75, 3.05) is 0 Å². The Hall–Kier alpha value is -1.32. The fourth-order valence-electron chi connectivity index (χ4n) is 3.15. The van der Waals surface area contributed by atoms with Gasteiger partial charge in [0.25, 0.3) is 0 Å². The first-order valence-corrected chi connectivity index (χ1v) is 7.15. The first kappa shape index (κ1) is 16.7. The topological polar surface area (TPSA) is 52.6 Å². The highest BCUT2D eigenvalue weighted by molar-refractivity contribution is 5.87. The van der Waals surface area contributed by atoms with Crippen LogP contribution in [-0.2, 0) is 19.1 Å². The van der Waals surface area contributed by atoms with E-state index >= 15 is 0 Å². The van der Waals surface area contributed by atoms with E-state index in [1.165, 1.54) is 6.92 Å². The molecule has 114 valence electrons. The Labute approximate surface area is 121 Å². The van der Waals surface area contributed by atoms with Crippen molar-refractivity contribution in [3.63, 3.8) is 0 Å². The molecule has 0 spiro atoms. The lowest BCUT2D eigenvalue weighted by molar-refractivity contribution is -0.191. The zero-order valence-electron chi connectivity index (χ0n) is 13.2. The molecular weight excluding hydrogens is 256 g/mol. The second-order valence-electron chi connectivity index (χ2n) is 6.71. The van der Waals surface area contributed by atoms with Crippen LogP contribution < -0.4 is 0 Å². The van der Waals surface area contributed by atoms with Gasteiger partial charge in [0, 0.05) is 18.9 Å². The molecule has 0 radical (unpaired) electrons. The molecule has 0 aliphatic heterocycles. The standard InChI is InChI=1S/C16H26O4/c1-7-13(19-12(4)17)8-16(9-15(5,6)10-16)20-14(18)11(2)3/h13H,2,7-10H2,1,3-6H3. The van der Waals surface area contributed by atoms with Gasteiger partial charge in [-0.25, -0.2) is 4.79 Å². The van der Waals surface area contributed by atoms with Crippen molar-refractivity contribution in [2.45, 2.75) is 72.0 Å². The molecule has 0 aromatic rings. The summed E-state index contributed by atoms with van der Waals surface area (Å²) in [6.45, 7) is 12.9. The van der Waals surface area contributed by atoms with E-state index in [0.29, 0.717) is 18.4 Å². The summed E-state index contributed by atoms with van der Waals surface area (Å²) >= 11 is 0. The van der Waals surface area contributed by atoms with Crippen LogP contribution in [0.15, 0.2) is 12.2 Å². The number of carbonyl (C=O) groups excluding carboxylic acids is 2. The largest absolute Gasteiger partial charge is 0.462 e. The minimum Gasteiger partial charge on any atom is -0.462 e. The normalized spacial score (nSPS) is 20.4. The lowest BCUT2D eigenvalue weighted by Crippen LogP contribution is -2.54. The minimum atomic E-state index is -0.518. The molecule has 0 bridgehead atoms. The van der Waals surface area contributed by atoms with Crippen LogP contribution in [0.25, 0.3) is 0 Å². The van der Waals surface area contributed by atoms with Gasteiger partial charge in [0.1, 0.15) is 11.7 Å². The Bertz CT molecular complexity index is 401.